The van der Waals surface area contributed by atoms with Crippen molar-refractivity contribution < 1.29 is 9.53 Å². The van der Waals surface area contributed by atoms with Crippen molar-refractivity contribution in [1.82, 2.24) is 15.5 Å². The molecular weight excluding hydrogens is 350 g/mol. The summed E-state index contributed by atoms with van der Waals surface area (Å²) < 4.78 is 5.46. The lowest BCUT2D eigenvalue weighted by atomic mass is 10.0. The SMILES string of the molecule is CCCC(NC(=O)NC(CN1CCOCC1)c1ccccc1)c1ccccc1. The second kappa shape index (κ2) is 10.8. The molecule has 1 saturated heterocycles. The zero-order valence-corrected chi connectivity index (χ0v) is 16.6. The monoisotopic (exact) mass is 381 g/mol. The third-order valence-corrected chi connectivity index (χ3v) is 5.14. The van der Waals surface area contributed by atoms with E-state index in [-0.39, 0.29) is 18.1 Å². The molecule has 2 N–H and O–H groups in total. The molecule has 0 radical (unpaired) electrons. The van der Waals surface area contributed by atoms with Crippen molar-refractivity contribution in [3.8, 4) is 0 Å². The molecule has 1 heterocycles. The molecule has 3 rings (SSSR count). The third-order valence-electron chi connectivity index (χ3n) is 5.14. The van der Waals surface area contributed by atoms with Crippen LogP contribution in [0.25, 0.3) is 0 Å². The first kappa shape index (κ1) is 20.4. The smallest absolute Gasteiger partial charge is 0.315 e. The number of nitrogens with one attached hydrogen (secondary N) is 2. The quantitative estimate of drug-likeness (QED) is 0.729. The van der Waals surface area contributed by atoms with Gasteiger partial charge in [-0.3, -0.25) is 4.90 Å². The molecule has 2 aromatic carbocycles. The van der Waals surface area contributed by atoms with Gasteiger partial charge in [0.2, 0.25) is 0 Å². The number of carbonyl (C=O) groups excluding carboxylic acids is 1. The van der Waals surface area contributed by atoms with E-state index in [0.717, 1.165) is 56.8 Å². The summed E-state index contributed by atoms with van der Waals surface area (Å²) in [4.78, 5) is 15.2. The van der Waals surface area contributed by atoms with E-state index in [9.17, 15) is 4.79 Å². The van der Waals surface area contributed by atoms with Crippen molar-refractivity contribution in [3.63, 3.8) is 0 Å². The first-order valence-electron chi connectivity index (χ1n) is 10.2. The fraction of sp³-hybridized carbons (Fsp3) is 0.435. The zero-order chi connectivity index (χ0) is 19.6. The normalized spacial score (nSPS) is 16.9. The maximum atomic E-state index is 12.9. The first-order valence-corrected chi connectivity index (χ1v) is 10.2. The van der Waals surface area contributed by atoms with Gasteiger partial charge in [-0.05, 0) is 17.5 Å². The van der Waals surface area contributed by atoms with Crippen LogP contribution < -0.4 is 10.6 Å². The van der Waals surface area contributed by atoms with Gasteiger partial charge < -0.3 is 15.4 Å². The van der Waals surface area contributed by atoms with Gasteiger partial charge >= 0.3 is 6.03 Å². The van der Waals surface area contributed by atoms with E-state index in [4.69, 9.17) is 4.74 Å². The number of rotatable bonds is 8. The van der Waals surface area contributed by atoms with Crippen LogP contribution in [0.4, 0.5) is 4.79 Å². The van der Waals surface area contributed by atoms with E-state index >= 15 is 0 Å². The molecule has 2 unspecified atom stereocenters. The minimum atomic E-state index is -0.121. The summed E-state index contributed by atoms with van der Waals surface area (Å²) in [6.45, 7) is 6.22. The Hall–Kier alpha value is -2.37. The Morgan fingerprint density at radius 3 is 2.04 bits per heavy atom. The molecule has 1 aliphatic rings. The van der Waals surface area contributed by atoms with E-state index in [0.29, 0.717) is 0 Å². The lowest BCUT2D eigenvalue weighted by Crippen LogP contribution is -2.46. The van der Waals surface area contributed by atoms with Gasteiger partial charge in [0.1, 0.15) is 0 Å². The Kier molecular flexibility index (Phi) is 7.88. The highest BCUT2D eigenvalue weighted by atomic mass is 16.5. The van der Waals surface area contributed by atoms with Crippen LogP contribution in [-0.4, -0.2) is 43.8 Å². The number of hydrogen-bond acceptors (Lipinski definition) is 3. The maximum absolute atomic E-state index is 12.9. The molecule has 2 amide bonds. The largest absolute Gasteiger partial charge is 0.379 e. The highest BCUT2D eigenvalue weighted by Gasteiger charge is 2.21. The summed E-state index contributed by atoms with van der Waals surface area (Å²) in [5.74, 6) is 0. The van der Waals surface area contributed by atoms with E-state index in [1.54, 1.807) is 0 Å². The first-order chi connectivity index (χ1) is 13.8. The number of urea groups is 1. The Morgan fingerprint density at radius 2 is 1.46 bits per heavy atom. The Morgan fingerprint density at radius 1 is 0.929 bits per heavy atom. The molecule has 0 saturated carbocycles. The third kappa shape index (κ3) is 6.08. The molecule has 2 aromatic rings. The summed E-state index contributed by atoms with van der Waals surface area (Å²) in [5.41, 5.74) is 2.26. The summed E-state index contributed by atoms with van der Waals surface area (Å²) in [5, 5.41) is 6.39. The molecule has 1 aliphatic heterocycles. The van der Waals surface area contributed by atoms with Crippen molar-refractivity contribution in [1.29, 1.82) is 0 Å². The van der Waals surface area contributed by atoms with Gasteiger partial charge in [0.05, 0.1) is 25.3 Å². The van der Waals surface area contributed by atoms with Gasteiger partial charge in [-0.2, -0.15) is 0 Å². The number of nitrogens with zero attached hydrogens (tertiary/aromatic N) is 1. The van der Waals surface area contributed by atoms with Crippen LogP contribution in [0.5, 0.6) is 0 Å². The predicted molar refractivity (Wildman–Crippen MR) is 112 cm³/mol. The lowest BCUT2D eigenvalue weighted by molar-refractivity contribution is 0.0339. The maximum Gasteiger partial charge on any atom is 0.315 e. The molecule has 28 heavy (non-hydrogen) atoms. The van der Waals surface area contributed by atoms with Crippen LogP contribution in [0.3, 0.4) is 0 Å². The highest BCUT2D eigenvalue weighted by molar-refractivity contribution is 5.75. The number of benzene rings is 2. The molecule has 0 aromatic heterocycles. The van der Waals surface area contributed by atoms with E-state index in [1.807, 2.05) is 36.4 Å². The van der Waals surface area contributed by atoms with Crippen LogP contribution in [0.15, 0.2) is 60.7 Å². The van der Waals surface area contributed by atoms with E-state index in [1.165, 1.54) is 0 Å². The van der Waals surface area contributed by atoms with E-state index < -0.39 is 0 Å². The zero-order valence-electron chi connectivity index (χ0n) is 16.6. The van der Waals surface area contributed by atoms with Gasteiger partial charge in [0, 0.05) is 19.6 Å². The van der Waals surface area contributed by atoms with Crippen molar-refractivity contribution in [2.75, 3.05) is 32.8 Å². The Balaban J connectivity index is 1.67. The lowest BCUT2D eigenvalue weighted by Gasteiger charge is -2.31. The molecule has 150 valence electrons. The number of carbonyl (C=O) groups is 1. The number of hydrogen-bond donors (Lipinski definition) is 2. The minimum absolute atomic E-state index is 0.0195. The second-order valence-corrected chi connectivity index (χ2v) is 7.25. The summed E-state index contributed by atoms with van der Waals surface area (Å²) >= 11 is 0. The van der Waals surface area contributed by atoms with Gasteiger partial charge in [-0.15, -0.1) is 0 Å². The molecule has 5 nitrogen and oxygen atoms in total. The molecule has 0 bridgehead atoms. The van der Waals surface area contributed by atoms with Crippen LogP contribution in [0.2, 0.25) is 0 Å². The summed E-state index contributed by atoms with van der Waals surface area (Å²) in [7, 11) is 0. The van der Waals surface area contributed by atoms with Gasteiger partial charge in [0.15, 0.2) is 0 Å². The average molecular weight is 382 g/mol. The number of ether oxygens (including phenoxy) is 1. The molecular formula is C23H31N3O2. The standard InChI is InChI=1S/C23H31N3O2/c1-2-9-21(19-10-5-3-6-11-19)24-23(27)25-22(20-12-7-4-8-13-20)18-26-14-16-28-17-15-26/h3-8,10-13,21-22H,2,9,14-18H2,1H3,(H2,24,25,27). The topological polar surface area (TPSA) is 53.6 Å². The predicted octanol–water partition coefficient (Wildman–Crippen LogP) is 3.90. The van der Waals surface area contributed by atoms with Crippen LogP contribution in [-0.2, 0) is 4.74 Å². The van der Waals surface area contributed by atoms with Crippen molar-refractivity contribution in [3.05, 3.63) is 71.8 Å². The highest BCUT2D eigenvalue weighted by Crippen LogP contribution is 2.19. The van der Waals surface area contributed by atoms with Crippen LogP contribution in [0.1, 0.15) is 43.0 Å². The van der Waals surface area contributed by atoms with Gasteiger partial charge in [-0.1, -0.05) is 74.0 Å². The number of morpholine rings is 1. The number of amides is 2. The Bertz CT molecular complexity index is 702. The average Bonchev–Trinajstić information content (AvgIpc) is 2.75. The Labute approximate surface area is 168 Å². The molecule has 5 heteroatoms. The van der Waals surface area contributed by atoms with Gasteiger partial charge in [-0.25, -0.2) is 4.79 Å². The van der Waals surface area contributed by atoms with Gasteiger partial charge in [0.25, 0.3) is 0 Å². The van der Waals surface area contributed by atoms with E-state index in [2.05, 4.69) is 46.7 Å². The second-order valence-electron chi connectivity index (χ2n) is 7.25. The summed E-state index contributed by atoms with van der Waals surface area (Å²) in [6.07, 6.45) is 1.92. The molecule has 1 fully saturated rings. The van der Waals surface area contributed by atoms with Crippen molar-refractivity contribution in [2.45, 2.75) is 31.8 Å². The molecule has 2 atom stereocenters. The minimum Gasteiger partial charge on any atom is -0.379 e. The van der Waals surface area contributed by atoms with Crippen molar-refractivity contribution >= 4 is 6.03 Å². The summed E-state index contributed by atoms with van der Waals surface area (Å²) in [6, 6.07) is 20.2. The van der Waals surface area contributed by atoms with Crippen LogP contribution in [0, 0.1) is 0 Å². The molecule has 0 aliphatic carbocycles. The molecule has 0 spiro atoms. The van der Waals surface area contributed by atoms with Crippen molar-refractivity contribution in [2.24, 2.45) is 0 Å². The fourth-order valence-electron chi connectivity index (χ4n) is 3.62. The van der Waals surface area contributed by atoms with Crippen LogP contribution >= 0.6 is 0 Å². The fourth-order valence-corrected chi connectivity index (χ4v) is 3.62.